The van der Waals surface area contributed by atoms with E-state index in [1.165, 1.54) is 6.92 Å². The highest BCUT2D eigenvalue weighted by atomic mass is 35.5. The van der Waals surface area contributed by atoms with E-state index >= 15 is 0 Å². The van der Waals surface area contributed by atoms with Crippen LogP contribution in [0.2, 0.25) is 5.02 Å². The molecule has 0 unspecified atom stereocenters. The Labute approximate surface area is 133 Å². The second-order valence-electron chi connectivity index (χ2n) is 4.56. The van der Waals surface area contributed by atoms with Crippen LogP contribution in [-0.4, -0.2) is 12.0 Å². The average molecular weight is 319 g/mol. The number of halogens is 1. The molecule has 22 heavy (non-hydrogen) atoms. The Morgan fingerprint density at radius 1 is 1.14 bits per heavy atom. The van der Waals surface area contributed by atoms with Gasteiger partial charge in [-0.1, -0.05) is 29.8 Å². The van der Waals surface area contributed by atoms with Crippen molar-refractivity contribution < 1.29 is 14.3 Å². The summed E-state index contributed by atoms with van der Waals surface area (Å²) < 4.78 is 4.95. The lowest BCUT2D eigenvalue weighted by Gasteiger charge is -2.09. The molecule has 0 aromatic heterocycles. The number of hydrogen-bond acceptors (Lipinski definition) is 3. The first-order valence-electron chi connectivity index (χ1n) is 6.61. The minimum absolute atomic E-state index is 0.357. The minimum atomic E-state index is -0.414. The SMILES string of the molecule is CC(=O)Oc1cccc(NC(=O)NCc2cccc(Cl)c2)c1. The van der Waals surface area contributed by atoms with Crippen molar-refractivity contribution in [3.05, 3.63) is 59.1 Å². The number of amides is 2. The molecule has 0 saturated carbocycles. The summed E-state index contributed by atoms with van der Waals surface area (Å²) in [5.74, 6) is -0.0392. The fraction of sp³-hybridized carbons (Fsp3) is 0.125. The molecule has 0 heterocycles. The van der Waals surface area contributed by atoms with Crippen molar-refractivity contribution in [2.24, 2.45) is 0 Å². The van der Waals surface area contributed by atoms with Crippen LogP contribution in [0.4, 0.5) is 10.5 Å². The number of nitrogens with one attached hydrogen (secondary N) is 2. The van der Waals surface area contributed by atoms with Gasteiger partial charge in [0.05, 0.1) is 0 Å². The van der Waals surface area contributed by atoms with Crippen LogP contribution in [-0.2, 0) is 11.3 Å². The number of anilines is 1. The van der Waals surface area contributed by atoms with E-state index in [1.54, 1.807) is 36.4 Å². The molecule has 2 aromatic rings. The number of carbonyl (C=O) groups excluding carboxylic acids is 2. The first kappa shape index (κ1) is 15.9. The molecule has 2 amide bonds. The maximum absolute atomic E-state index is 11.8. The third-order valence-corrected chi connectivity index (χ3v) is 2.93. The van der Waals surface area contributed by atoms with E-state index in [0.717, 1.165) is 5.56 Å². The Balaban J connectivity index is 1.90. The zero-order valence-corrected chi connectivity index (χ0v) is 12.7. The van der Waals surface area contributed by atoms with E-state index in [1.807, 2.05) is 12.1 Å². The fourth-order valence-electron chi connectivity index (χ4n) is 1.81. The fourth-order valence-corrected chi connectivity index (χ4v) is 2.02. The van der Waals surface area contributed by atoms with Crippen molar-refractivity contribution in [3.63, 3.8) is 0 Å². The molecule has 2 N–H and O–H groups in total. The first-order valence-corrected chi connectivity index (χ1v) is 6.98. The van der Waals surface area contributed by atoms with Crippen LogP contribution in [0.25, 0.3) is 0 Å². The summed E-state index contributed by atoms with van der Waals surface area (Å²) in [4.78, 5) is 22.7. The molecule has 0 atom stereocenters. The lowest BCUT2D eigenvalue weighted by atomic mass is 10.2. The molecule has 5 nitrogen and oxygen atoms in total. The van der Waals surface area contributed by atoms with E-state index in [4.69, 9.17) is 16.3 Å². The summed E-state index contributed by atoms with van der Waals surface area (Å²) in [6, 6.07) is 13.5. The highest BCUT2D eigenvalue weighted by Gasteiger charge is 2.04. The van der Waals surface area contributed by atoms with Gasteiger partial charge in [0, 0.05) is 30.2 Å². The van der Waals surface area contributed by atoms with Crippen LogP contribution in [0.5, 0.6) is 5.75 Å². The Hall–Kier alpha value is -2.53. The van der Waals surface area contributed by atoms with E-state index < -0.39 is 5.97 Å². The van der Waals surface area contributed by atoms with Gasteiger partial charge >= 0.3 is 12.0 Å². The number of hydrogen-bond donors (Lipinski definition) is 2. The van der Waals surface area contributed by atoms with Gasteiger partial charge in [0.15, 0.2) is 0 Å². The molecule has 0 aliphatic heterocycles. The Morgan fingerprint density at radius 2 is 1.91 bits per heavy atom. The molecule has 0 spiro atoms. The molecule has 0 aliphatic rings. The van der Waals surface area contributed by atoms with Crippen molar-refractivity contribution in [1.82, 2.24) is 5.32 Å². The van der Waals surface area contributed by atoms with E-state index in [0.29, 0.717) is 23.0 Å². The van der Waals surface area contributed by atoms with Gasteiger partial charge in [-0.05, 0) is 29.8 Å². The van der Waals surface area contributed by atoms with Crippen LogP contribution in [0.15, 0.2) is 48.5 Å². The maximum Gasteiger partial charge on any atom is 0.319 e. The molecule has 0 saturated heterocycles. The second-order valence-corrected chi connectivity index (χ2v) is 5.00. The highest BCUT2D eigenvalue weighted by molar-refractivity contribution is 6.30. The molecule has 0 aliphatic carbocycles. The molecular formula is C16H15ClN2O3. The van der Waals surface area contributed by atoms with E-state index in [-0.39, 0.29) is 6.03 Å². The summed E-state index contributed by atoms with van der Waals surface area (Å²) >= 11 is 5.88. The number of esters is 1. The topological polar surface area (TPSA) is 67.4 Å². The number of urea groups is 1. The van der Waals surface area contributed by atoms with Gasteiger partial charge < -0.3 is 15.4 Å². The zero-order chi connectivity index (χ0) is 15.9. The minimum Gasteiger partial charge on any atom is -0.427 e. The summed E-state index contributed by atoms with van der Waals surface area (Å²) in [5.41, 5.74) is 1.43. The van der Waals surface area contributed by atoms with Gasteiger partial charge in [-0.15, -0.1) is 0 Å². The normalized spacial score (nSPS) is 9.91. The Morgan fingerprint density at radius 3 is 2.64 bits per heavy atom. The maximum atomic E-state index is 11.8. The molecule has 0 radical (unpaired) electrons. The molecule has 2 aromatic carbocycles. The second kappa shape index (κ2) is 7.47. The monoisotopic (exact) mass is 318 g/mol. The van der Waals surface area contributed by atoms with Gasteiger partial charge in [0.25, 0.3) is 0 Å². The van der Waals surface area contributed by atoms with Crippen molar-refractivity contribution in [2.75, 3.05) is 5.32 Å². The zero-order valence-electron chi connectivity index (χ0n) is 11.9. The average Bonchev–Trinajstić information content (AvgIpc) is 2.45. The third-order valence-electron chi connectivity index (χ3n) is 2.70. The summed E-state index contributed by atoms with van der Waals surface area (Å²) in [5, 5.41) is 6.00. The number of rotatable bonds is 4. The van der Waals surface area contributed by atoms with Gasteiger partial charge in [-0.25, -0.2) is 4.79 Å². The van der Waals surface area contributed by atoms with Crippen LogP contribution in [0.1, 0.15) is 12.5 Å². The largest absolute Gasteiger partial charge is 0.427 e. The number of benzene rings is 2. The van der Waals surface area contributed by atoms with Gasteiger partial charge in [-0.3, -0.25) is 4.79 Å². The molecule has 0 fully saturated rings. The number of carbonyl (C=O) groups is 2. The quantitative estimate of drug-likeness (QED) is 0.668. The summed E-state index contributed by atoms with van der Waals surface area (Å²) in [6.07, 6.45) is 0. The molecule has 6 heteroatoms. The van der Waals surface area contributed by atoms with Gasteiger partial charge in [0.1, 0.15) is 5.75 Å². The lowest BCUT2D eigenvalue weighted by Crippen LogP contribution is -2.28. The van der Waals surface area contributed by atoms with Crippen LogP contribution in [0.3, 0.4) is 0 Å². The summed E-state index contributed by atoms with van der Waals surface area (Å²) in [6.45, 7) is 1.67. The predicted octanol–water partition coefficient (Wildman–Crippen LogP) is 3.59. The first-order chi connectivity index (χ1) is 10.5. The van der Waals surface area contributed by atoms with Crippen molar-refractivity contribution >= 4 is 29.3 Å². The smallest absolute Gasteiger partial charge is 0.319 e. The lowest BCUT2D eigenvalue weighted by molar-refractivity contribution is -0.131. The number of ether oxygens (including phenoxy) is 1. The molecular weight excluding hydrogens is 304 g/mol. The molecule has 0 bridgehead atoms. The van der Waals surface area contributed by atoms with Crippen molar-refractivity contribution in [1.29, 1.82) is 0 Å². The predicted molar refractivity (Wildman–Crippen MR) is 85.1 cm³/mol. The standard InChI is InChI=1S/C16H15ClN2O3/c1-11(20)22-15-7-3-6-14(9-15)19-16(21)18-10-12-4-2-5-13(17)8-12/h2-9H,10H2,1H3,(H2,18,19,21). The van der Waals surface area contributed by atoms with Crippen LogP contribution >= 0.6 is 11.6 Å². The third kappa shape index (κ3) is 5.10. The molecule has 2 rings (SSSR count). The Kier molecular flexibility index (Phi) is 5.38. The van der Waals surface area contributed by atoms with Gasteiger partial charge in [-0.2, -0.15) is 0 Å². The van der Waals surface area contributed by atoms with Crippen LogP contribution in [0, 0.1) is 0 Å². The van der Waals surface area contributed by atoms with Crippen LogP contribution < -0.4 is 15.4 Å². The van der Waals surface area contributed by atoms with E-state index in [2.05, 4.69) is 10.6 Å². The molecule has 114 valence electrons. The van der Waals surface area contributed by atoms with Crippen molar-refractivity contribution in [2.45, 2.75) is 13.5 Å². The van der Waals surface area contributed by atoms with E-state index in [9.17, 15) is 9.59 Å². The summed E-state index contributed by atoms with van der Waals surface area (Å²) in [7, 11) is 0. The van der Waals surface area contributed by atoms with Crippen molar-refractivity contribution in [3.8, 4) is 5.75 Å². The highest BCUT2D eigenvalue weighted by Crippen LogP contribution is 2.17. The Bertz CT molecular complexity index is 689. The van der Waals surface area contributed by atoms with Gasteiger partial charge in [0.2, 0.25) is 0 Å².